The number of carbonyl (C=O) groups excluding carboxylic acids is 1. The van der Waals surface area contributed by atoms with Gasteiger partial charge >= 0.3 is 11.6 Å². The van der Waals surface area contributed by atoms with Crippen LogP contribution in [0.2, 0.25) is 0 Å². The highest BCUT2D eigenvalue weighted by Gasteiger charge is 2.25. The van der Waals surface area contributed by atoms with Crippen molar-refractivity contribution in [3.05, 3.63) is 39.7 Å². The van der Waals surface area contributed by atoms with E-state index in [0.717, 1.165) is 35.8 Å². The fourth-order valence-electron chi connectivity index (χ4n) is 3.58. The molecule has 1 aromatic carbocycles. The SMILES string of the molecule is CC(C)C[C@H](NC(=O)[C@H](C)Oc1ccc2c3c(c(=O)oc2c1)CCC3)C(=O)O. The van der Waals surface area contributed by atoms with Crippen molar-refractivity contribution in [1.29, 1.82) is 0 Å². The Morgan fingerprint density at radius 2 is 1.93 bits per heavy atom. The van der Waals surface area contributed by atoms with E-state index in [1.165, 1.54) is 0 Å². The van der Waals surface area contributed by atoms with Gasteiger partial charge in [-0.15, -0.1) is 0 Å². The zero-order valence-electron chi connectivity index (χ0n) is 16.3. The summed E-state index contributed by atoms with van der Waals surface area (Å²) in [6.07, 6.45) is 1.97. The zero-order valence-corrected chi connectivity index (χ0v) is 16.3. The fraction of sp³-hybridized carbons (Fsp3) is 0.476. The standard InChI is InChI=1S/C21H25NO6/c1-11(2)9-17(20(24)25)22-19(23)12(3)27-13-7-8-15-14-5-4-6-16(14)21(26)28-18(15)10-13/h7-8,10-12,17H,4-6,9H2,1-3H3,(H,22,23)(H,24,25)/t12-,17-/m0/s1. The van der Waals surface area contributed by atoms with Gasteiger partial charge < -0.3 is 19.6 Å². The van der Waals surface area contributed by atoms with Crippen LogP contribution in [0.5, 0.6) is 5.75 Å². The van der Waals surface area contributed by atoms with Crippen molar-refractivity contribution in [3.8, 4) is 5.75 Å². The number of carboxylic acid groups (broad SMARTS) is 1. The summed E-state index contributed by atoms with van der Waals surface area (Å²) in [4.78, 5) is 35.8. The van der Waals surface area contributed by atoms with E-state index in [-0.39, 0.29) is 11.5 Å². The van der Waals surface area contributed by atoms with E-state index in [1.54, 1.807) is 19.1 Å². The predicted molar refractivity (Wildman–Crippen MR) is 104 cm³/mol. The second-order valence-corrected chi connectivity index (χ2v) is 7.65. The van der Waals surface area contributed by atoms with E-state index in [1.807, 2.05) is 19.9 Å². The van der Waals surface area contributed by atoms with Crippen molar-refractivity contribution in [3.63, 3.8) is 0 Å². The van der Waals surface area contributed by atoms with Gasteiger partial charge in [0.05, 0.1) is 0 Å². The molecule has 1 aliphatic rings. The molecule has 0 aliphatic heterocycles. The zero-order chi connectivity index (χ0) is 20.4. The molecule has 0 unspecified atom stereocenters. The minimum atomic E-state index is -1.07. The van der Waals surface area contributed by atoms with Crippen molar-refractivity contribution < 1.29 is 23.8 Å². The average Bonchev–Trinajstić information content (AvgIpc) is 3.11. The van der Waals surface area contributed by atoms with Crippen molar-refractivity contribution >= 4 is 22.8 Å². The molecule has 2 N–H and O–H groups in total. The third kappa shape index (κ3) is 4.18. The predicted octanol–water partition coefficient (Wildman–Crippen LogP) is 2.66. The first-order valence-corrected chi connectivity index (χ1v) is 9.54. The van der Waals surface area contributed by atoms with Gasteiger partial charge in [0.1, 0.15) is 17.4 Å². The van der Waals surface area contributed by atoms with Crippen molar-refractivity contribution in [2.24, 2.45) is 5.92 Å². The first-order valence-electron chi connectivity index (χ1n) is 9.54. The highest BCUT2D eigenvalue weighted by atomic mass is 16.5. The maximum absolute atomic E-state index is 12.3. The molecule has 0 spiro atoms. The molecule has 1 aromatic heterocycles. The molecule has 0 radical (unpaired) electrons. The van der Waals surface area contributed by atoms with Crippen LogP contribution < -0.4 is 15.7 Å². The number of amides is 1. The lowest BCUT2D eigenvalue weighted by Crippen LogP contribution is -2.46. The third-order valence-corrected chi connectivity index (χ3v) is 4.95. The lowest BCUT2D eigenvalue weighted by atomic mass is 10.0. The van der Waals surface area contributed by atoms with Crippen LogP contribution in [0.25, 0.3) is 11.0 Å². The quantitative estimate of drug-likeness (QED) is 0.708. The van der Waals surface area contributed by atoms with Gasteiger partial charge in [-0.05, 0) is 56.2 Å². The van der Waals surface area contributed by atoms with Gasteiger partial charge in [0, 0.05) is 17.0 Å². The molecule has 1 heterocycles. The van der Waals surface area contributed by atoms with Gasteiger partial charge in [-0.2, -0.15) is 0 Å². The normalized spacial score (nSPS) is 15.3. The fourth-order valence-corrected chi connectivity index (χ4v) is 3.58. The minimum Gasteiger partial charge on any atom is -0.481 e. The number of rotatable bonds is 7. The van der Waals surface area contributed by atoms with Gasteiger partial charge in [-0.3, -0.25) is 4.79 Å². The molecule has 1 aliphatic carbocycles. The van der Waals surface area contributed by atoms with Crippen LogP contribution in [0.15, 0.2) is 27.4 Å². The van der Waals surface area contributed by atoms with Gasteiger partial charge in [0.15, 0.2) is 6.10 Å². The lowest BCUT2D eigenvalue weighted by Gasteiger charge is -2.20. The third-order valence-electron chi connectivity index (χ3n) is 4.95. The number of ether oxygens (including phenoxy) is 1. The molecule has 2 aromatic rings. The molecule has 7 nitrogen and oxygen atoms in total. The van der Waals surface area contributed by atoms with Crippen molar-refractivity contribution in [2.75, 3.05) is 0 Å². The maximum atomic E-state index is 12.3. The Labute approximate surface area is 162 Å². The average molecular weight is 387 g/mol. The van der Waals surface area contributed by atoms with Crippen LogP contribution in [-0.2, 0) is 22.4 Å². The van der Waals surface area contributed by atoms with E-state index in [0.29, 0.717) is 17.8 Å². The summed E-state index contributed by atoms with van der Waals surface area (Å²) in [6.45, 7) is 5.33. The van der Waals surface area contributed by atoms with Crippen LogP contribution in [-0.4, -0.2) is 29.1 Å². The van der Waals surface area contributed by atoms with Crippen LogP contribution in [0.4, 0.5) is 0 Å². The molecule has 28 heavy (non-hydrogen) atoms. The number of carboxylic acids is 1. The molecule has 0 fully saturated rings. The van der Waals surface area contributed by atoms with Gasteiger partial charge in [0.2, 0.25) is 0 Å². The van der Waals surface area contributed by atoms with E-state index >= 15 is 0 Å². The number of aliphatic carboxylic acids is 1. The molecular formula is C21H25NO6. The second kappa shape index (κ2) is 8.04. The van der Waals surface area contributed by atoms with E-state index < -0.39 is 24.0 Å². The number of carbonyl (C=O) groups is 2. The van der Waals surface area contributed by atoms with Gasteiger partial charge in [-0.1, -0.05) is 13.8 Å². The topological polar surface area (TPSA) is 106 Å². The van der Waals surface area contributed by atoms with E-state index in [4.69, 9.17) is 9.15 Å². The first-order chi connectivity index (χ1) is 13.3. The molecule has 2 atom stereocenters. The molecule has 7 heteroatoms. The molecular weight excluding hydrogens is 362 g/mol. The van der Waals surface area contributed by atoms with E-state index in [9.17, 15) is 19.5 Å². The lowest BCUT2D eigenvalue weighted by molar-refractivity contribution is -0.143. The summed E-state index contributed by atoms with van der Waals surface area (Å²) in [5.41, 5.74) is 1.89. The first kappa shape index (κ1) is 19.9. The summed E-state index contributed by atoms with van der Waals surface area (Å²) in [6, 6.07) is 4.20. The minimum absolute atomic E-state index is 0.128. The highest BCUT2D eigenvalue weighted by Crippen LogP contribution is 2.29. The monoisotopic (exact) mass is 387 g/mol. The van der Waals surface area contributed by atoms with Gasteiger partial charge in [-0.25, -0.2) is 9.59 Å². The van der Waals surface area contributed by atoms with Crippen LogP contribution >= 0.6 is 0 Å². The molecule has 150 valence electrons. The van der Waals surface area contributed by atoms with Crippen LogP contribution in [0.1, 0.15) is 44.7 Å². The van der Waals surface area contributed by atoms with Gasteiger partial charge in [0.25, 0.3) is 5.91 Å². The van der Waals surface area contributed by atoms with Crippen LogP contribution in [0.3, 0.4) is 0 Å². The molecule has 0 saturated carbocycles. The summed E-state index contributed by atoms with van der Waals surface area (Å²) in [5.74, 6) is -1.08. The smallest absolute Gasteiger partial charge is 0.339 e. The largest absolute Gasteiger partial charge is 0.481 e. The Kier molecular flexibility index (Phi) is 5.72. The maximum Gasteiger partial charge on any atom is 0.339 e. The number of hydrogen-bond acceptors (Lipinski definition) is 5. The number of fused-ring (bicyclic) bond motifs is 3. The highest BCUT2D eigenvalue weighted by molar-refractivity contribution is 5.87. The number of aryl methyl sites for hydroxylation is 1. The molecule has 0 saturated heterocycles. The summed E-state index contributed by atoms with van der Waals surface area (Å²) in [7, 11) is 0. The number of hydrogen-bond donors (Lipinski definition) is 2. The Morgan fingerprint density at radius 1 is 1.21 bits per heavy atom. The van der Waals surface area contributed by atoms with Crippen molar-refractivity contribution in [2.45, 2.75) is 58.6 Å². The Morgan fingerprint density at radius 3 is 2.61 bits per heavy atom. The number of benzene rings is 1. The molecule has 0 bridgehead atoms. The van der Waals surface area contributed by atoms with Crippen molar-refractivity contribution in [1.82, 2.24) is 5.32 Å². The summed E-state index contributed by atoms with van der Waals surface area (Å²) < 4.78 is 11.1. The Bertz CT molecular complexity index is 961. The Hall–Kier alpha value is -2.83. The molecule has 1 amide bonds. The summed E-state index contributed by atoms with van der Waals surface area (Å²) in [5, 5.41) is 12.7. The van der Waals surface area contributed by atoms with Crippen LogP contribution in [0, 0.1) is 5.92 Å². The summed E-state index contributed by atoms with van der Waals surface area (Å²) >= 11 is 0. The second-order valence-electron chi connectivity index (χ2n) is 7.65. The van der Waals surface area contributed by atoms with E-state index in [2.05, 4.69) is 5.32 Å². The number of nitrogens with one attached hydrogen (secondary N) is 1. The Balaban J connectivity index is 1.75. The molecule has 3 rings (SSSR count).